The van der Waals surface area contributed by atoms with E-state index >= 15 is 0 Å². The molecule has 2 aromatic rings. The maximum absolute atomic E-state index is 12.7. The summed E-state index contributed by atoms with van der Waals surface area (Å²) in [7, 11) is 2.23. The third-order valence-electron chi connectivity index (χ3n) is 5.56. The monoisotopic (exact) mass is 298 g/mol. The van der Waals surface area contributed by atoms with E-state index < -0.39 is 0 Å². The maximum atomic E-state index is 12.7. The van der Waals surface area contributed by atoms with Crippen LogP contribution in [-0.2, 0) is 0 Å². The van der Waals surface area contributed by atoms with Gasteiger partial charge in [-0.05, 0) is 57.5 Å². The van der Waals surface area contributed by atoms with Gasteiger partial charge >= 0.3 is 0 Å². The van der Waals surface area contributed by atoms with Crippen LogP contribution in [-0.4, -0.2) is 57.9 Å². The quantitative estimate of drug-likeness (QED) is 0.878. The number of aromatic nitrogens is 2. The molecule has 5 heteroatoms. The standard InChI is InChI=1S/C17H22N4O/c1-20-10-2-6-17(20)7-11-21(12-8-17)16(22)14-4-3-13-5-9-18-15(13)19-14/h3-5,9H,2,6-8,10-12H2,1H3,(H,18,19). The van der Waals surface area contributed by atoms with Crippen LogP contribution < -0.4 is 0 Å². The van der Waals surface area contributed by atoms with Gasteiger partial charge in [0, 0.05) is 30.2 Å². The average Bonchev–Trinajstić information content (AvgIpc) is 3.14. The fourth-order valence-corrected chi connectivity index (χ4v) is 4.04. The third-order valence-corrected chi connectivity index (χ3v) is 5.56. The van der Waals surface area contributed by atoms with Crippen LogP contribution in [0.25, 0.3) is 11.0 Å². The first-order valence-electron chi connectivity index (χ1n) is 8.13. The topological polar surface area (TPSA) is 52.2 Å². The molecule has 0 saturated carbocycles. The molecule has 116 valence electrons. The Morgan fingerprint density at radius 3 is 2.73 bits per heavy atom. The highest BCUT2D eigenvalue weighted by molar-refractivity contribution is 5.94. The number of carbonyl (C=O) groups is 1. The first-order chi connectivity index (χ1) is 10.7. The summed E-state index contributed by atoms with van der Waals surface area (Å²) >= 11 is 0. The molecule has 0 unspecified atom stereocenters. The van der Waals surface area contributed by atoms with Crippen molar-refractivity contribution in [1.29, 1.82) is 0 Å². The number of H-pyrrole nitrogens is 1. The Bertz CT molecular complexity index is 700. The molecule has 4 rings (SSSR count). The van der Waals surface area contributed by atoms with Gasteiger partial charge in [-0.15, -0.1) is 0 Å². The minimum Gasteiger partial charge on any atom is -0.346 e. The minimum absolute atomic E-state index is 0.0620. The maximum Gasteiger partial charge on any atom is 0.272 e. The lowest BCUT2D eigenvalue weighted by molar-refractivity contribution is 0.0488. The largest absolute Gasteiger partial charge is 0.346 e. The number of hydrogen-bond acceptors (Lipinski definition) is 3. The summed E-state index contributed by atoms with van der Waals surface area (Å²) < 4.78 is 0. The number of rotatable bonds is 1. The SMILES string of the molecule is CN1CCCC12CCN(C(=O)c1ccc3cc[nH]c3n1)CC2. The molecule has 0 aromatic carbocycles. The highest BCUT2D eigenvalue weighted by Gasteiger charge is 2.41. The van der Waals surface area contributed by atoms with E-state index in [-0.39, 0.29) is 5.91 Å². The van der Waals surface area contributed by atoms with E-state index in [0.29, 0.717) is 11.2 Å². The zero-order valence-corrected chi connectivity index (χ0v) is 13.0. The lowest BCUT2D eigenvalue weighted by Gasteiger charge is -2.43. The van der Waals surface area contributed by atoms with Crippen molar-refractivity contribution in [2.45, 2.75) is 31.2 Å². The molecular formula is C17H22N4O. The molecule has 1 spiro atoms. The molecule has 0 bridgehead atoms. The Labute approximate surface area is 130 Å². The summed E-state index contributed by atoms with van der Waals surface area (Å²) in [5, 5.41) is 1.04. The van der Waals surface area contributed by atoms with Gasteiger partial charge in [-0.1, -0.05) is 0 Å². The molecule has 5 nitrogen and oxygen atoms in total. The zero-order valence-electron chi connectivity index (χ0n) is 13.0. The normalized spacial score (nSPS) is 21.8. The van der Waals surface area contributed by atoms with Crippen molar-refractivity contribution >= 4 is 16.9 Å². The van der Waals surface area contributed by atoms with Crippen LogP contribution in [0.1, 0.15) is 36.2 Å². The molecule has 0 radical (unpaired) electrons. The van der Waals surface area contributed by atoms with Gasteiger partial charge in [-0.2, -0.15) is 0 Å². The van der Waals surface area contributed by atoms with Crippen LogP contribution in [0.15, 0.2) is 24.4 Å². The lowest BCUT2D eigenvalue weighted by Crippen LogP contribution is -2.52. The van der Waals surface area contributed by atoms with Crippen molar-refractivity contribution in [3.8, 4) is 0 Å². The van der Waals surface area contributed by atoms with Crippen LogP contribution in [0.4, 0.5) is 0 Å². The van der Waals surface area contributed by atoms with Gasteiger partial charge in [0.2, 0.25) is 0 Å². The summed E-state index contributed by atoms with van der Waals surface area (Å²) in [6, 6.07) is 5.77. The number of carbonyl (C=O) groups excluding carboxylic acids is 1. The second kappa shape index (κ2) is 5.09. The number of aromatic amines is 1. The van der Waals surface area contributed by atoms with E-state index in [2.05, 4.69) is 21.9 Å². The Hall–Kier alpha value is -1.88. The molecule has 0 atom stereocenters. The van der Waals surface area contributed by atoms with Crippen LogP contribution in [0, 0.1) is 0 Å². The molecule has 2 aliphatic rings. The smallest absolute Gasteiger partial charge is 0.272 e. The summed E-state index contributed by atoms with van der Waals surface area (Å²) in [5.41, 5.74) is 1.67. The van der Waals surface area contributed by atoms with Gasteiger partial charge in [-0.25, -0.2) is 4.98 Å². The van der Waals surface area contributed by atoms with Crippen molar-refractivity contribution in [3.05, 3.63) is 30.1 Å². The van der Waals surface area contributed by atoms with Gasteiger partial charge in [0.25, 0.3) is 5.91 Å². The Balaban J connectivity index is 1.49. The molecule has 1 amide bonds. The number of amides is 1. The minimum atomic E-state index is 0.0620. The molecule has 22 heavy (non-hydrogen) atoms. The summed E-state index contributed by atoms with van der Waals surface area (Å²) in [6.45, 7) is 2.88. The number of nitrogens with one attached hydrogen (secondary N) is 1. The van der Waals surface area contributed by atoms with Gasteiger partial charge in [0.15, 0.2) is 0 Å². The second-order valence-corrected chi connectivity index (χ2v) is 6.65. The van der Waals surface area contributed by atoms with E-state index in [1.54, 1.807) is 0 Å². The van der Waals surface area contributed by atoms with E-state index in [0.717, 1.165) is 37.0 Å². The van der Waals surface area contributed by atoms with Gasteiger partial charge in [-0.3, -0.25) is 4.79 Å². The average molecular weight is 298 g/mol. The van der Waals surface area contributed by atoms with E-state index in [1.807, 2.05) is 29.3 Å². The molecule has 2 aromatic heterocycles. The van der Waals surface area contributed by atoms with Crippen molar-refractivity contribution < 1.29 is 4.79 Å². The zero-order chi connectivity index (χ0) is 15.2. The van der Waals surface area contributed by atoms with Crippen molar-refractivity contribution in [2.75, 3.05) is 26.7 Å². The molecular weight excluding hydrogens is 276 g/mol. The van der Waals surface area contributed by atoms with Gasteiger partial charge in [0.05, 0.1) is 0 Å². The van der Waals surface area contributed by atoms with Crippen LogP contribution in [0.5, 0.6) is 0 Å². The van der Waals surface area contributed by atoms with E-state index in [9.17, 15) is 4.79 Å². The fraction of sp³-hybridized carbons (Fsp3) is 0.529. The first kappa shape index (κ1) is 13.8. The van der Waals surface area contributed by atoms with Gasteiger partial charge < -0.3 is 14.8 Å². The van der Waals surface area contributed by atoms with Crippen molar-refractivity contribution in [1.82, 2.24) is 19.8 Å². The molecule has 0 aliphatic carbocycles. The van der Waals surface area contributed by atoms with E-state index in [1.165, 1.54) is 19.4 Å². The summed E-state index contributed by atoms with van der Waals surface area (Å²) in [5.74, 6) is 0.0620. The van der Waals surface area contributed by atoms with Crippen molar-refractivity contribution in [3.63, 3.8) is 0 Å². The molecule has 2 saturated heterocycles. The third kappa shape index (κ3) is 2.11. The Kier molecular flexibility index (Phi) is 3.18. The van der Waals surface area contributed by atoms with Crippen LogP contribution in [0.3, 0.4) is 0 Å². The molecule has 1 N–H and O–H groups in total. The number of piperidine rings is 1. The van der Waals surface area contributed by atoms with Crippen LogP contribution >= 0.6 is 0 Å². The predicted octanol–water partition coefficient (Wildman–Crippen LogP) is 2.26. The van der Waals surface area contributed by atoms with Crippen molar-refractivity contribution in [2.24, 2.45) is 0 Å². The lowest BCUT2D eigenvalue weighted by atomic mass is 9.85. The predicted molar refractivity (Wildman–Crippen MR) is 85.8 cm³/mol. The number of likely N-dealkylation sites (tertiary alicyclic amines) is 2. The highest BCUT2D eigenvalue weighted by Crippen LogP contribution is 2.37. The molecule has 2 aliphatic heterocycles. The molecule has 2 fully saturated rings. The van der Waals surface area contributed by atoms with Gasteiger partial charge in [0.1, 0.15) is 11.3 Å². The number of hydrogen-bond donors (Lipinski definition) is 1. The Morgan fingerprint density at radius 1 is 1.18 bits per heavy atom. The number of pyridine rings is 1. The fourth-order valence-electron chi connectivity index (χ4n) is 4.04. The molecule has 4 heterocycles. The van der Waals surface area contributed by atoms with E-state index in [4.69, 9.17) is 0 Å². The highest BCUT2D eigenvalue weighted by atomic mass is 16.2. The second-order valence-electron chi connectivity index (χ2n) is 6.65. The first-order valence-corrected chi connectivity index (χ1v) is 8.13. The number of nitrogens with zero attached hydrogens (tertiary/aromatic N) is 3. The summed E-state index contributed by atoms with van der Waals surface area (Å²) in [4.78, 5) is 24.7. The number of fused-ring (bicyclic) bond motifs is 1. The van der Waals surface area contributed by atoms with Crippen LogP contribution in [0.2, 0.25) is 0 Å². The Morgan fingerprint density at radius 2 is 2.00 bits per heavy atom. The summed E-state index contributed by atoms with van der Waals surface area (Å²) in [6.07, 6.45) is 6.58.